The summed E-state index contributed by atoms with van der Waals surface area (Å²) in [5, 5.41) is 19.0. The molecule has 0 saturated heterocycles. The molecule has 3 aromatic heterocycles. The molecular weight excluding hydrogens is 414 g/mol. The highest BCUT2D eigenvalue weighted by molar-refractivity contribution is 5.99. The third-order valence-electron chi connectivity index (χ3n) is 6.14. The maximum absolute atomic E-state index is 9.52. The van der Waals surface area contributed by atoms with Crippen LogP contribution in [0.25, 0.3) is 33.6 Å². The number of nitrogens with two attached hydrogens (primary N) is 1. The lowest BCUT2D eigenvalue weighted by Crippen LogP contribution is -2.24. The van der Waals surface area contributed by atoms with Gasteiger partial charge in [0.25, 0.3) is 0 Å². The van der Waals surface area contributed by atoms with Gasteiger partial charge in [0.1, 0.15) is 29.3 Å². The van der Waals surface area contributed by atoms with Gasteiger partial charge in [-0.25, -0.2) is 15.0 Å². The van der Waals surface area contributed by atoms with Gasteiger partial charge in [-0.2, -0.15) is 10.5 Å². The number of unbranched alkanes of at least 4 members (excludes halogenated alkanes) is 1. The van der Waals surface area contributed by atoms with E-state index in [-0.39, 0.29) is 11.4 Å². The maximum Gasteiger partial charge on any atom is 0.179 e. The number of hydrogen-bond donors (Lipinski definition) is 1. The Morgan fingerprint density at radius 1 is 1.00 bits per heavy atom. The summed E-state index contributed by atoms with van der Waals surface area (Å²) < 4.78 is 3.87. The standard InChI is InChI=1S/C24H27N9/c1-4-32(5-2)12-8-9-13-33-22(27)20(21-24(33)30-18(15-26)17(14-25)28-21)23-29-16-10-6-7-11-19(16)31(23)3/h6-7,10-11H,4-5,8-9,12-13,27H2,1-3H3. The summed E-state index contributed by atoms with van der Waals surface area (Å²) in [6.45, 7) is 8.02. The number of benzene rings is 1. The first kappa shape index (κ1) is 22.3. The third kappa shape index (κ3) is 3.88. The topological polar surface area (TPSA) is 125 Å². The lowest BCUT2D eigenvalue weighted by atomic mass is 10.2. The molecule has 33 heavy (non-hydrogen) atoms. The van der Waals surface area contributed by atoms with Crippen molar-refractivity contribution in [3.05, 3.63) is 35.7 Å². The van der Waals surface area contributed by atoms with Gasteiger partial charge >= 0.3 is 0 Å². The summed E-state index contributed by atoms with van der Waals surface area (Å²) in [5.74, 6) is 1.15. The second kappa shape index (κ2) is 9.27. The van der Waals surface area contributed by atoms with Crippen LogP contribution < -0.4 is 5.73 Å². The zero-order valence-corrected chi connectivity index (χ0v) is 19.2. The van der Waals surface area contributed by atoms with Gasteiger partial charge in [0.2, 0.25) is 0 Å². The number of para-hydroxylation sites is 2. The molecule has 0 aliphatic carbocycles. The van der Waals surface area contributed by atoms with E-state index >= 15 is 0 Å². The van der Waals surface area contributed by atoms with Crippen molar-refractivity contribution >= 4 is 28.0 Å². The number of nitrogen functional groups attached to an aromatic ring is 1. The SMILES string of the molecule is CCN(CC)CCCCn1c(N)c(-c2nc3ccccc3n2C)c2nc(C#N)c(C#N)nc21. The van der Waals surface area contributed by atoms with Crippen LogP contribution in [-0.2, 0) is 13.6 Å². The van der Waals surface area contributed by atoms with Gasteiger partial charge in [0.05, 0.1) is 16.6 Å². The molecule has 2 N–H and O–H groups in total. The van der Waals surface area contributed by atoms with Crippen molar-refractivity contribution in [3.8, 4) is 23.5 Å². The van der Waals surface area contributed by atoms with E-state index in [2.05, 4.69) is 28.7 Å². The Hall–Kier alpha value is -3.95. The smallest absolute Gasteiger partial charge is 0.179 e. The van der Waals surface area contributed by atoms with Crippen LogP contribution in [0.1, 0.15) is 38.1 Å². The lowest BCUT2D eigenvalue weighted by Gasteiger charge is -2.17. The number of imidazole rings is 1. The molecule has 0 aliphatic heterocycles. The highest BCUT2D eigenvalue weighted by Crippen LogP contribution is 2.36. The van der Waals surface area contributed by atoms with Crippen LogP contribution in [0.4, 0.5) is 5.82 Å². The first-order valence-electron chi connectivity index (χ1n) is 11.2. The Labute approximate surface area is 192 Å². The molecule has 3 heterocycles. The van der Waals surface area contributed by atoms with Crippen molar-refractivity contribution < 1.29 is 0 Å². The van der Waals surface area contributed by atoms with Gasteiger partial charge in [-0.15, -0.1) is 0 Å². The number of anilines is 1. The van der Waals surface area contributed by atoms with Crippen molar-refractivity contribution in [2.45, 2.75) is 33.2 Å². The number of fused-ring (bicyclic) bond motifs is 2. The molecule has 1 aromatic carbocycles. The van der Waals surface area contributed by atoms with Crippen molar-refractivity contribution in [2.75, 3.05) is 25.4 Å². The minimum atomic E-state index is -0.0105. The lowest BCUT2D eigenvalue weighted by molar-refractivity contribution is 0.294. The van der Waals surface area contributed by atoms with E-state index in [9.17, 15) is 10.5 Å². The van der Waals surface area contributed by atoms with Crippen LogP contribution in [0.15, 0.2) is 24.3 Å². The summed E-state index contributed by atoms with van der Waals surface area (Å²) in [7, 11) is 1.93. The van der Waals surface area contributed by atoms with Crippen LogP contribution in [0, 0.1) is 22.7 Å². The Balaban J connectivity index is 1.84. The number of nitriles is 2. The van der Waals surface area contributed by atoms with Crippen LogP contribution in [-0.4, -0.2) is 48.6 Å². The number of hydrogen-bond acceptors (Lipinski definition) is 7. The van der Waals surface area contributed by atoms with E-state index in [4.69, 9.17) is 10.7 Å². The second-order valence-corrected chi connectivity index (χ2v) is 7.95. The number of aryl methyl sites for hydroxylation is 2. The molecule has 9 nitrogen and oxygen atoms in total. The molecule has 0 unspecified atom stereocenters. The molecule has 0 saturated carbocycles. The van der Waals surface area contributed by atoms with Crippen molar-refractivity contribution in [1.82, 2.24) is 29.0 Å². The van der Waals surface area contributed by atoms with E-state index in [1.165, 1.54) is 0 Å². The van der Waals surface area contributed by atoms with Gasteiger partial charge < -0.3 is 19.8 Å². The van der Waals surface area contributed by atoms with E-state index in [0.717, 1.165) is 43.5 Å². The number of nitrogens with zero attached hydrogens (tertiary/aromatic N) is 8. The second-order valence-electron chi connectivity index (χ2n) is 7.95. The number of aromatic nitrogens is 5. The molecule has 168 valence electrons. The third-order valence-corrected chi connectivity index (χ3v) is 6.14. The predicted octanol–water partition coefficient (Wildman–Crippen LogP) is 3.43. The molecule has 0 spiro atoms. The zero-order valence-electron chi connectivity index (χ0n) is 19.2. The summed E-state index contributed by atoms with van der Waals surface area (Å²) >= 11 is 0. The van der Waals surface area contributed by atoms with Gasteiger partial charge in [0.15, 0.2) is 17.0 Å². The summed E-state index contributed by atoms with van der Waals surface area (Å²) in [6.07, 6.45) is 1.91. The summed E-state index contributed by atoms with van der Waals surface area (Å²) in [4.78, 5) is 16.2. The normalized spacial score (nSPS) is 11.3. The first-order chi connectivity index (χ1) is 16.0. The molecule has 4 aromatic rings. The Morgan fingerprint density at radius 2 is 1.70 bits per heavy atom. The Bertz CT molecular complexity index is 1390. The van der Waals surface area contributed by atoms with Gasteiger partial charge in [-0.1, -0.05) is 26.0 Å². The van der Waals surface area contributed by atoms with Crippen LogP contribution in [0.2, 0.25) is 0 Å². The zero-order chi connectivity index (χ0) is 23.5. The fourth-order valence-corrected chi connectivity index (χ4v) is 4.27. The largest absolute Gasteiger partial charge is 0.384 e. The quantitative estimate of drug-likeness (QED) is 0.415. The van der Waals surface area contributed by atoms with E-state index in [1.54, 1.807) is 0 Å². The van der Waals surface area contributed by atoms with E-state index in [1.807, 2.05) is 52.6 Å². The Kier molecular flexibility index (Phi) is 6.25. The number of rotatable bonds is 8. The molecule has 4 rings (SSSR count). The minimum absolute atomic E-state index is 0.00319. The fourth-order valence-electron chi connectivity index (χ4n) is 4.27. The van der Waals surface area contributed by atoms with Gasteiger partial charge in [-0.05, 0) is 44.6 Å². The van der Waals surface area contributed by atoms with E-state index < -0.39 is 0 Å². The predicted molar refractivity (Wildman–Crippen MR) is 128 cm³/mol. The fraction of sp³-hybridized carbons (Fsp3) is 0.375. The van der Waals surface area contributed by atoms with Crippen LogP contribution in [0.5, 0.6) is 0 Å². The molecule has 0 atom stereocenters. The average Bonchev–Trinajstić information content (AvgIpc) is 3.31. The van der Waals surface area contributed by atoms with E-state index in [0.29, 0.717) is 34.9 Å². The molecular formula is C24H27N9. The average molecular weight is 442 g/mol. The first-order valence-corrected chi connectivity index (χ1v) is 11.2. The van der Waals surface area contributed by atoms with Crippen molar-refractivity contribution in [3.63, 3.8) is 0 Å². The van der Waals surface area contributed by atoms with Gasteiger partial charge in [-0.3, -0.25) is 0 Å². The highest BCUT2D eigenvalue weighted by atomic mass is 15.1. The van der Waals surface area contributed by atoms with Crippen molar-refractivity contribution in [2.24, 2.45) is 7.05 Å². The van der Waals surface area contributed by atoms with Gasteiger partial charge in [0, 0.05) is 13.6 Å². The molecule has 0 amide bonds. The van der Waals surface area contributed by atoms with Crippen LogP contribution >= 0.6 is 0 Å². The summed E-state index contributed by atoms with van der Waals surface area (Å²) in [6, 6.07) is 11.8. The summed E-state index contributed by atoms with van der Waals surface area (Å²) in [5.41, 5.74) is 10.1. The molecule has 0 fully saturated rings. The van der Waals surface area contributed by atoms with Crippen LogP contribution in [0.3, 0.4) is 0 Å². The Morgan fingerprint density at radius 3 is 2.36 bits per heavy atom. The molecule has 0 bridgehead atoms. The monoisotopic (exact) mass is 441 g/mol. The molecule has 0 aliphatic rings. The highest BCUT2D eigenvalue weighted by Gasteiger charge is 2.25. The minimum Gasteiger partial charge on any atom is -0.384 e. The van der Waals surface area contributed by atoms with Crippen molar-refractivity contribution in [1.29, 1.82) is 10.5 Å². The maximum atomic E-state index is 9.52. The molecule has 9 heteroatoms. The molecule has 0 radical (unpaired) electrons.